The SMILES string of the molecule is COc1ccc(C2CC(=O)N(Cc3ccc(F)cc3)C(=O)C2)cc1. The predicted molar refractivity (Wildman–Crippen MR) is 86.9 cm³/mol. The standard InChI is InChI=1S/C19H18FNO3/c1-24-17-8-4-14(5-9-17)15-10-18(22)21(19(23)11-15)12-13-2-6-16(20)7-3-13/h2-9,15H,10-12H2,1H3. The summed E-state index contributed by atoms with van der Waals surface area (Å²) < 4.78 is 18.1. The average Bonchev–Trinajstić information content (AvgIpc) is 2.59. The van der Waals surface area contributed by atoms with Crippen LogP contribution in [0.5, 0.6) is 5.75 Å². The van der Waals surface area contributed by atoms with E-state index in [1.165, 1.54) is 17.0 Å². The molecule has 2 aromatic rings. The number of piperidine rings is 1. The van der Waals surface area contributed by atoms with Crippen LogP contribution in [0.4, 0.5) is 4.39 Å². The van der Waals surface area contributed by atoms with Gasteiger partial charge in [0.05, 0.1) is 13.7 Å². The van der Waals surface area contributed by atoms with E-state index in [2.05, 4.69) is 0 Å². The summed E-state index contributed by atoms with van der Waals surface area (Å²) in [6.07, 6.45) is 0.582. The van der Waals surface area contributed by atoms with E-state index in [4.69, 9.17) is 4.74 Å². The van der Waals surface area contributed by atoms with Gasteiger partial charge < -0.3 is 4.74 Å². The van der Waals surface area contributed by atoms with Gasteiger partial charge in [0.2, 0.25) is 11.8 Å². The predicted octanol–water partition coefficient (Wildman–Crippen LogP) is 3.27. The highest BCUT2D eigenvalue weighted by molar-refractivity contribution is 5.98. The van der Waals surface area contributed by atoms with Crippen molar-refractivity contribution in [3.63, 3.8) is 0 Å². The zero-order chi connectivity index (χ0) is 17.1. The average molecular weight is 327 g/mol. The Balaban J connectivity index is 1.70. The molecule has 1 saturated heterocycles. The minimum Gasteiger partial charge on any atom is -0.497 e. The number of carbonyl (C=O) groups is 2. The number of methoxy groups -OCH3 is 1. The highest BCUT2D eigenvalue weighted by atomic mass is 19.1. The lowest BCUT2D eigenvalue weighted by Gasteiger charge is -2.30. The zero-order valence-corrected chi connectivity index (χ0v) is 13.4. The topological polar surface area (TPSA) is 46.6 Å². The summed E-state index contributed by atoms with van der Waals surface area (Å²) in [6.45, 7) is 0.188. The number of nitrogens with zero attached hydrogens (tertiary/aromatic N) is 1. The molecule has 1 aliphatic rings. The zero-order valence-electron chi connectivity index (χ0n) is 13.4. The fraction of sp³-hybridized carbons (Fsp3) is 0.263. The molecule has 0 atom stereocenters. The maximum atomic E-state index is 13.0. The number of amides is 2. The molecule has 0 aliphatic carbocycles. The minimum absolute atomic E-state index is 0.111. The van der Waals surface area contributed by atoms with Gasteiger partial charge in [0.25, 0.3) is 0 Å². The Labute approximate surface area is 139 Å². The maximum absolute atomic E-state index is 13.0. The molecule has 3 rings (SSSR count). The lowest BCUT2D eigenvalue weighted by Crippen LogP contribution is -2.42. The van der Waals surface area contributed by atoms with Crippen LogP contribution in [0, 0.1) is 5.82 Å². The second-order valence-electron chi connectivity index (χ2n) is 5.88. The molecular formula is C19H18FNO3. The summed E-state index contributed by atoms with van der Waals surface area (Å²) in [4.78, 5) is 26.0. The van der Waals surface area contributed by atoms with Crippen LogP contribution < -0.4 is 4.74 Å². The molecule has 2 amide bonds. The van der Waals surface area contributed by atoms with Gasteiger partial charge in [-0.1, -0.05) is 24.3 Å². The molecule has 0 N–H and O–H groups in total. The maximum Gasteiger partial charge on any atom is 0.230 e. The summed E-state index contributed by atoms with van der Waals surface area (Å²) in [5.74, 6) is -0.104. The molecule has 0 saturated carbocycles. The third kappa shape index (κ3) is 3.45. The Morgan fingerprint density at radius 2 is 1.58 bits per heavy atom. The molecule has 1 aliphatic heterocycles. The third-order valence-corrected chi connectivity index (χ3v) is 4.29. The highest BCUT2D eigenvalue weighted by Crippen LogP contribution is 2.31. The van der Waals surface area contributed by atoms with E-state index >= 15 is 0 Å². The van der Waals surface area contributed by atoms with Crippen LogP contribution in [-0.2, 0) is 16.1 Å². The van der Waals surface area contributed by atoms with Crippen LogP contribution in [-0.4, -0.2) is 23.8 Å². The van der Waals surface area contributed by atoms with Gasteiger partial charge in [-0.25, -0.2) is 4.39 Å². The number of halogens is 1. The third-order valence-electron chi connectivity index (χ3n) is 4.29. The minimum atomic E-state index is -0.338. The number of hydrogen-bond acceptors (Lipinski definition) is 3. The molecule has 2 aromatic carbocycles. The summed E-state index contributed by atoms with van der Waals surface area (Å²) in [5.41, 5.74) is 1.69. The van der Waals surface area contributed by atoms with Gasteiger partial charge in [0.15, 0.2) is 0 Å². The number of benzene rings is 2. The Morgan fingerprint density at radius 3 is 2.12 bits per heavy atom. The van der Waals surface area contributed by atoms with E-state index in [-0.39, 0.29) is 30.1 Å². The van der Waals surface area contributed by atoms with Crippen molar-refractivity contribution in [1.29, 1.82) is 0 Å². The van der Waals surface area contributed by atoms with E-state index in [9.17, 15) is 14.0 Å². The molecule has 1 fully saturated rings. The van der Waals surface area contributed by atoms with Gasteiger partial charge in [0.1, 0.15) is 11.6 Å². The molecule has 0 bridgehead atoms. The molecule has 5 heteroatoms. The number of imide groups is 1. The Kier molecular flexibility index (Phi) is 4.60. The van der Waals surface area contributed by atoms with Crippen molar-refractivity contribution in [2.24, 2.45) is 0 Å². The number of carbonyl (C=O) groups excluding carboxylic acids is 2. The van der Waals surface area contributed by atoms with Gasteiger partial charge in [-0.2, -0.15) is 0 Å². The van der Waals surface area contributed by atoms with Gasteiger partial charge in [-0.3, -0.25) is 14.5 Å². The molecule has 0 spiro atoms. The van der Waals surface area contributed by atoms with Crippen LogP contribution in [0.15, 0.2) is 48.5 Å². The molecular weight excluding hydrogens is 309 g/mol. The molecule has 1 heterocycles. The van der Waals surface area contributed by atoms with E-state index in [0.29, 0.717) is 12.8 Å². The van der Waals surface area contributed by atoms with Gasteiger partial charge in [-0.05, 0) is 35.4 Å². The van der Waals surface area contributed by atoms with Crippen LogP contribution in [0.3, 0.4) is 0 Å². The number of ether oxygens (including phenoxy) is 1. The van der Waals surface area contributed by atoms with Gasteiger partial charge in [0, 0.05) is 18.8 Å². The quantitative estimate of drug-likeness (QED) is 0.810. The normalized spacial score (nSPS) is 15.7. The van der Waals surface area contributed by atoms with E-state index in [0.717, 1.165) is 16.9 Å². The second kappa shape index (κ2) is 6.83. The Hall–Kier alpha value is -2.69. The number of rotatable bonds is 4. The van der Waals surface area contributed by atoms with Crippen molar-refractivity contribution in [1.82, 2.24) is 4.90 Å². The van der Waals surface area contributed by atoms with Crippen LogP contribution in [0.1, 0.15) is 29.9 Å². The lowest BCUT2D eigenvalue weighted by molar-refractivity contribution is -0.149. The smallest absolute Gasteiger partial charge is 0.230 e. The van der Waals surface area contributed by atoms with Gasteiger partial charge in [-0.15, -0.1) is 0 Å². The van der Waals surface area contributed by atoms with Crippen molar-refractivity contribution < 1.29 is 18.7 Å². The van der Waals surface area contributed by atoms with E-state index < -0.39 is 0 Å². The first kappa shape index (κ1) is 16.2. The van der Waals surface area contributed by atoms with Crippen LogP contribution in [0.2, 0.25) is 0 Å². The van der Waals surface area contributed by atoms with E-state index in [1.54, 1.807) is 19.2 Å². The van der Waals surface area contributed by atoms with Crippen molar-refractivity contribution in [3.8, 4) is 5.75 Å². The molecule has 4 nitrogen and oxygen atoms in total. The first-order chi connectivity index (χ1) is 11.6. The van der Waals surface area contributed by atoms with Crippen molar-refractivity contribution >= 4 is 11.8 Å². The molecule has 0 radical (unpaired) electrons. The van der Waals surface area contributed by atoms with Gasteiger partial charge >= 0.3 is 0 Å². The molecule has 0 aromatic heterocycles. The number of likely N-dealkylation sites (tertiary alicyclic amines) is 1. The number of hydrogen-bond donors (Lipinski definition) is 0. The molecule has 0 unspecified atom stereocenters. The largest absolute Gasteiger partial charge is 0.497 e. The van der Waals surface area contributed by atoms with Crippen LogP contribution in [0.25, 0.3) is 0 Å². The molecule has 124 valence electrons. The fourth-order valence-corrected chi connectivity index (χ4v) is 2.91. The molecule has 24 heavy (non-hydrogen) atoms. The summed E-state index contributed by atoms with van der Waals surface area (Å²) >= 11 is 0. The first-order valence-electron chi connectivity index (χ1n) is 7.78. The summed E-state index contributed by atoms with van der Waals surface area (Å²) in [5, 5.41) is 0. The van der Waals surface area contributed by atoms with Crippen molar-refractivity contribution in [3.05, 3.63) is 65.5 Å². The van der Waals surface area contributed by atoms with Crippen molar-refractivity contribution in [2.75, 3.05) is 7.11 Å². The summed E-state index contributed by atoms with van der Waals surface area (Å²) in [6, 6.07) is 13.3. The second-order valence-corrected chi connectivity index (χ2v) is 5.88. The fourth-order valence-electron chi connectivity index (χ4n) is 2.91. The summed E-state index contributed by atoms with van der Waals surface area (Å²) in [7, 11) is 1.59. The lowest BCUT2D eigenvalue weighted by atomic mass is 9.88. The van der Waals surface area contributed by atoms with Crippen LogP contribution >= 0.6 is 0 Å². The van der Waals surface area contributed by atoms with Crippen molar-refractivity contribution in [2.45, 2.75) is 25.3 Å². The van der Waals surface area contributed by atoms with E-state index in [1.807, 2.05) is 24.3 Å². The Bertz CT molecular complexity index is 722. The highest BCUT2D eigenvalue weighted by Gasteiger charge is 2.33. The Morgan fingerprint density at radius 1 is 1.00 bits per heavy atom. The first-order valence-corrected chi connectivity index (χ1v) is 7.78. The monoisotopic (exact) mass is 327 g/mol.